The average molecular weight is 261 g/mol. The van der Waals surface area contributed by atoms with Gasteiger partial charge >= 0.3 is 0 Å². The van der Waals surface area contributed by atoms with Crippen molar-refractivity contribution in [2.45, 2.75) is 12.8 Å². The molecule has 2 atom stereocenters. The Morgan fingerprint density at radius 3 is 2.47 bits per heavy atom. The fourth-order valence-corrected chi connectivity index (χ4v) is 2.93. The lowest BCUT2D eigenvalue weighted by Crippen LogP contribution is -2.44. The number of rotatable bonds is 5. The zero-order valence-electron chi connectivity index (χ0n) is 11.5. The topological polar surface area (TPSA) is 21.7 Å². The highest BCUT2D eigenvalue weighted by Crippen LogP contribution is 2.35. The van der Waals surface area contributed by atoms with Gasteiger partial charge in [0.25, 0.3) is 0 Å². The van der Waals surface area contributed by atoms with E-state index >= 15 is 0 Å². The van der Waals surface area contributed by atoms with Crippen molar-refractivity contribution >= 4 is 0 Å². The molecule has 0 N–H and O–H groups in total. The van der Waals surface area contributed by atoms with Crippen LogP contribution in [0.15, 0.2) is 30.3 Å². The first-order valence-electron chi connectivity index (χ1n) is 7.40. The van der Waals surface area contributed by atoms with Crippen LogP contribution in [-0.4, -0.2) is 44.4 Å². The third-order valence-electron chi connectivity index (χ3n) is 4.38. The smallest absolute Gasteiger partial charge is 0.119 e. The molecule has 0 bridgehead atoms. The minimum Gasteiger partial charge on any atom is -0.493 e. The highest BCUT2D eigenvalue weighted by molar-refractivity contribution is 5.20. The van der Waals surface area contributed by atoms with Gasteiger partial charge in [0, 0.05) is 19.6 Å². The number of morpholine rings is 1. The summed E-state index contributed by atoms with van der Waals surface area (Å²) in [4.78, 5) is 2.54. The molecule has 1 saturated carbocycles. The second kappa shape index (κ2) is 6.40. The van der Waals surface area contributed by atoms with Crippen molar-refractivity contribution in [3.8, 4) is 5.75 Å². The van der Waals surface area contributed by atoms with E-state index in [0.717, 1.165) is 50.5 Å². The van der Waals surface area contributed by atoms with Crippen molar-refractivity contribution in [1.29, 1.82) is 0 Å². The average Bonchev–Trinajstić information content (AvgIpc) is 2.46. The number of hydrogen-bond donors (Lipinski definition) is 0. The Bertz CT molecular complexity index is 376. The second-order valence-electron chi connectivity index (χ2n) is 5.63. The maximum Gasteiger partial charge on any atom is 0.119 e. The normalized spacial score (nSPS) is 27.8. The molecule has 3 rings (SSSR count). The fourth-order valence-electron chi connectivity index (χ4n) is 2.93. The third-order valence-corrected chi connectivity index (χ3v) is 4.38. The molecule has 1 aliphatic carbocycles. The summed E-state index contributed by atoms with van der Waals surface area (Å²) in [5.74, 6) is 2.56. The van der Waals surface area contributed by atoms with Gasteiger partial charge in [-0.3, -0.25) is 4.90 Å². The molecule has 3 heteroatoms. The molecule has 1 aromatic rings. The number of benzene rings is 1. The van der Waals surface area contributed by atoms with Crippen LogP contribution in [0.25, 0.3) is 0 Å². The van der Waals surface area contributed by atoms with Gasteiger partial charge in [0.1, 0.15) is 5.75 Å². The highest BCUT2D eigenvalue weighted by atomic mass is 16.5. The molecule has 3 nitrogen and oxygen atoms in total. The van der Waals surface area contributed by atoms with Crippen LogP contribution in [0, 0.1) is 11.8 Å². The molecule has 0 aromatic heterocycles. The van der Waals surface area contributed by atoms with E-state index in [1.165, 1.54) is 19.4 Å². The summed E-state index contributed by atoms with van der Waals surface area (Å²) in [5.41, 5.74) is 0. The van der Waals surface area contributed by atoms with Crippen LogP contribution in [-0.2, 0) is 4.74 Å². The van der Waals surface area contributed by atoms with Crippen LogP contribution in [0.1, 0.15) is 12.8 Å². The van der Waals surface area contributed by atoms with E-state index in [1.54, 1.807) is 0 Å². The van der Waals surface area contributed by atoms with Gasteiger partial charge in [0.2, 0.25) is 0 Å². The first kappa shape index (κ1) is 12.9. The molecule has 19 heavy (non-hydrogen) atoms. The first-order valence-corrected chi connectivity index (χ1v) is 7.40. The summed E-state index contributed by atoms with van der Waals surface area (Å²) in [5, 5.41) is 0. The Balaban J connectivity index is 1.42. The lowest BCUT2D eigenvalue weighted by molar-refractivity contribution is 0.00483. The molecule has 2 aliphatic rings. The van der Waals surface area contributed by atoms with Gasteiger partial charge in [-0.05, 0) is 36.8 Å². The van der Waals surface area contributed by atoms with Gasteiger partial charge in [0.15, 0.2) is 0 Å². The zero-order valence-corrected chi connectivity index (χ0v) is 11.5. The Labute approximate surface area is 115 Å². The summed E-state index contributed by atoms with van der Waals surface area (Å²) in [6.07, 6.45) is 2.68. The Morgan fingerprint density at radius 1 is 1.05 bits per heavy atom. The molecule has 1 unspecified atom stereocenters. The number of ether oxygens (including phenoxy) is 2. The molecular weight excluding hydrogens is 238 g/mol. The van der Waals surface area contributed by atoms with E-state index in [9.17, 15) is 0 Å². The summed E-state index contributed by atoms with van der Waals surface area (Å²) in [7, 11) is 0. The summed E-state index contributed by atoms with van der Waals surface area (Å²) >= 11 is 0. The molecule has 1 aliphatic heterocycles. The van der Waals surface area contributed by atoms with Crippen molar-refractivity contribution in [3.05, 3.63) is 30.3 Å². The van der Waals surface area contributed by atoms with Crippen molar-refractivity contribution in [2.24, 2.45) is 11.8 Å². The zero-order chi connectivity index (χ0) is 12.9. The van der Waals surface area contributed by atoms with Crippen LogP contribution < -0.4 is 4.74 Å². The van der Waals surface area contributed by atoms with Crippen LogP contribution >= 0.6 is 0 Å². The highest BCUT2D eigenvalue weighted by Gasteiger charge is 2.32. The van der Waals surface area contributed by atoms with E-state index in [2.05, 4.69) is 4.90 Å². The van der Waals surface area contributed by atoms with E-state index in [-0.39, 0.29) is 0 Å². The predicted octanol–water partition coefficient (Wildman–Crippen LogP) is 2.42. The Kier molecular flexibility index (Phi) is 4.36. The van der Waals surface area contributed by atoms with Gasteiger partial charge in [-0.15, -0.1) is 0 Å². The molecule has 0 spiro atoms. The van der Waals surface area contributed by atoms with E-state index in [1.807, 2.05) is 30.3 Å². The lowest BCUT2D eigenvalue weighted by Gasteiger charge is -2.40. The summed E-state index contributed by atoms with van der Waals surface area (Å²) in [6.45, 7) is 6.10. The van der Waals surface area contributed by atoms with Gasteiger partial charge < -0.3 is 9.47 Å². The molecule has 0 radical (unpaired) electrons. The monoisotopic (exact) mass is 261 g/mol. The number of para-hydroxylation sites is 1. The van der Waals surface area contributed by atoms with Crippen LogP contribution in [0.2, 0.25) is 0 Å². The standard InChI is InChI=1S/C16H23NO2/c1-2-4-16(5-3-1)19-13-15-7-6-14(15)12-17-8-10-18-11-9-17/h1-5,14-15H,6-13H2/t14-,15?/m1/s1. The molecule has 1 heterocycles. The third kappa shape index (κ3) is 3.48. The first-order chi connectivity index (χ1) is 9.42. The molecule has 104 valence electrons. The van der Waals surface area contributed by atoms with E-state index in [0.29, 0.717) is 0 Å². The molecule has 1 saturated heterocycles. The largest absolute Gasteiger partial charge is 0.493 e. The minimum absolute atomic E-state index is 0.739. The van der Waals surface area contributed by atoms with E-state index < -0.39 is 0 Å². The van der Waals surface area contributed by atoms with Crippen LogP contribution in [0.4, 0.5) is 0 Å². The summed E-state index contributed by atoms with van der Waals surface area (Å²) in [6, 6.07) is 10.2. The van der Waals surface area contributed by atoms with Gasteiger partial charge in [-0.25, -0.2) is 0 Å². The van der Waals surface area contributed by atoms with Crippen molar-refractivity contribution in [1.82, 2.24) is 4.90 Å². The quantitative estimate of drug-likeness (QED) is 0.812. The molecule has 1 aromatic carbocycles. The minimum atomic E-state index is 0.739. The van der Waals surface area contributed by atoms with Crippen molar-refractivity contribution in [3.63, 3.8) is 0 Å². The number of hydrogen-bond acceptors (Lipinski definition) is 3. The van der Waals surface area contributed by atoms with Crippen LogP contribution in [0.5, 0.6) is 5.75 Å². The van der Waals surface area contributed by atoms with Crippen LogP contribution in [0.3, 0.4) is 0 Å². The predicted molar refractivity (Wildman–Crippen MR) is 75.4 cm³/mol. The molecule has 0 amide bonds. The number of nitrogens with zero attached hydrogens (tertiary/aromatic N) is 1. The van der Waals surface area contributed by atoms with Gasteiger partial charge in [0.05, 0.1) is 19.8 Å². The van der Waals surface area contributed by atoms with Crippen molar-refractivity contribution < 1.29 is 9.47 Å². The lowest BCUT2D eigenvalue weighted by atomic mass is 9.74. The molecule has 2 fully saturated rings. The van der Waals surface area contributed by atoms with Gasteiger partial charge in [-0.1, -0.05) is 18.2 Å². The maximum atomic E-state index is 5.89. The Hall–Kier alpha value is -1.06. The second-order valence-corrected chi connectivity index (χ2v) is 5.63. The van der Waals surface area contributed by atoms with Gasteiger partial charge in [-0.2, -0.15) is 0 Å². The summed E-state index contributed by atoms with van der Waals surface area (Å²) < 4.78 is 11.3. The molecular formula is C16H23NO2. The SMILES string of the molecule is c1ccc(OCC2CC[C@@H]2CN2CCOCC2)cc1. The fraction of sp³-hybridized carbons (Fsp3) is 0.625. The van der Waals surface area contributed by atoms with Crippen molar-refractivity contribution in [2.75, 3.05) is 39.5 Å². The Morgan fingerprint density at radius 2 is 1.79 bits per heavy atom. The maximum absolute atomic E-state index is 5.89. The van der Waals surface area contributed by atoms with E-state index in [4.69, 9.17) is 9.47 Å².